The quantitative estimate of drug-likeness (QED) is 0.711. The molecule has 4 rings (SSSR count). The molecule has 1 atom stereocenters. The van der Waals surface area contributed by atoms with Crippen molar-refractivity contribution in [1.82, 2.24) is 14.9 Å². The first-order valence-electron chi connectivity index (χ1n) is 9.07. The highest BCUT2D eigenvalue weighted by Gasteiger charge is 2.31. The summed E-state index contributed by atoms with van der Waals surface area (Å²) in [5.41, 5.74) is 2.66. The summed E-state index contributed by atoms with van der Waals surface area (Å²) in [4.78, 5) is 16.4. The minimum absolute atomic E-state index is 0.148. The van der Waals surface area contributed by atoms with E-state index in [2.05, 4.69) is 15.6 Å². The number of imidazole rings is 1. The summed E-state index contributed by atoms with van der Waals surface area (Å²) in [5, 5.41) is 5.78. The Balaban J connectivity index is 1.37. The van der Waals surface area contributed by atoms with E-state index in [4.69, 9.17) is 9.47 Å². The number of aromatic nitrogens is 2. The standard InChI is InChI=1S/C21H22N4O3/c1-14(15-4-7-17(8-5-15)25-11-10-22-13-25)23-20(26)24-16-6-9-18-19(12-16)28-21(2,3)27-18/h4-14H,1-3H3,(H2,23,24,26)/t14-/m0/s1. The van der Waals surface area contributed by atoms with Crippen molar-refractivity contribution in [3.05, 3.63) is 66.7 Å². The predicted molar refractivity (Wildman–Crippen MR) is 106 cm³/mol. The summed E-state index contributed by atoms with van der Waals surface area (Å²) in [7, 11) is 0. The SMILES string of the molecule is C[C@H](NC(=O)Nc1ccc2c(c1)OC(C)(C)O2)c1ccc(-n2ccnc2)cc1. The second-order valence-corrected chi connectivity index (χ2v) is 7.15. The number of rotatable bonds is 4. The lowest BCUT2D eigenvalue weighted by Gasteiger charge is -2.16. The van der Waals surface area contributed by atoms with E-state index in [1.807, 2.05) is 55.8 Å². The predicted octanol–water partition coefficient (Wildman–Crippen LogP) is 4.26. The van der Waals surface area contributed by atoms with Gasteiger partial charge in [-0.3, -0.25) is 0 Å². The van der Waals surface area contributed by atoms with Gasteiger partial charge in [0.2, 0.25) is 5.79 Å². The molecule has 0 bridgehead atoms. The molecule has 1 aliphatic heterocycles. The molecule has 2 amide bonds. The van der Waals surface area contributed by atoms with Crippen molar-refractivity contribution >= 4 is 11.7 Å². The van der Waals surface area contributed by atoms with Crippen molar-refractivity contribution in [2.24, 2.45) is 0 Å². The van der Waals surface area contributed by atoms with E-state index in [0.717, 1.165) is 11.3 Å². The number of ether oxygens (including phenoxy) is 2. The van der Waals surface area contributed by atoms with Gasteiger partial charge >= 0.3 is 6.03 Å². The number of carbonyl (C=O) groups excluding carboxylic acids is 1. The highest BCUT2D eigenvalue weighted by Crippen LogP contribution is 2.40. The molecular formula is C21H22N4O3. The van der Waals surface area contributed by atoms with Crippen LogP contribution >= 0.6 is 0 Å². The molecule has 2 N–H and O–H groups in total. The lowest BCUT2D eigenvalue weighted by Crippen LogP contribution is -2.31. The zero-order chi connectivity index (χ0) is 19.7. The van der Waals surface area contributed by atoms with Crippen LogP contribution in [-0.4, -0.2) is 21.4 Å². The summed E-state index contributed by atoms with van der Waals surface area (Å²) in [6, 6.07) is 12.9. The van der Waals surface area contributed by atoms with Crippen molar-refractivity contribution in [3.8, 4) is 17.2 Å². The Bertz CT molecular complexity index is 981. The highest BCUT2D eigenvalue weighted by molar-refractivity contribution is 5.90. The van der Waals surface area contributed by atoms with Gasteiger partial charge in [-0.1, -0.05) is 12.1 Å². The van der Waals surface area contributed by atoms with E-state index in [9.17, 15) is 4.79 Å². The van der Waals surface area contributed by atoms with Gasteiger partial charge in [-0.15, -0.1) is 0 Å². The Morgan fingerprint density at radius 2 is 1.86 bits per heavy atom. The van der Waals surface area contributed by atoms with Crippen molar-refractivity contribution in [3.63, 3.8) is 0 Å². The van der Waals surface area contributed by atoms with Crippen LogP contribution in [0.1, 0.15) is 32.4 Å². The molecule has 28 heavy (non-hydrogen) atoms. The van der Waals surface area contributed by atoms with Gasteiger partial charge in [0.15, 0.2) is 11.5 Å². The summed E-state index contributed by atoms with van der Waals surface area (Å²) in [6.07, 6.45) is 5.37. The monoisotopic (exact) mass is 378 g/mol. The van der Waals surface area contributed by atoms with E-state index in [-0.39, 0.29) is 12.1 Å². The number of carbonyl (C=O) groups is 1. The van der Waals surface area contributed by atoms with Crippen molar-refractivity contribution in [2.45, 2.75) is 32.6 Å². The van der Waals surface area contributed by atoms with Gasteiger partial charge in [0.25, 0.3) is 0 Å². The van der Waals surface area contributed by atoms with Crippen LogP contribution in [0.2, 0.25) is 0 Å². The van der Waals surface area contributed by atoms with Crippen molar-refractivity contribution in [1.29, 1.82) is 0 Å². The molecule has 0 spiro atoms. The normalized spacial score (nSPS) is 15.1. The van der Waals surface area contributed by atoms with Gasteiger partial charge in [-0.25, -0.2) is 9.78 Å². The fourth-order valence-electron chi connectivity index (χ4n) is 3.09. The fourth-order valence-corrected chi connectivity index (χ4v) is 3.09. The Labute approximate surface area is 163 Å². The van der Waals surface area contributed by atoms with E-state index in [1.165, 1.54) is 0 Å². The summed E-state index contributed by atoms with van der Waals surface area (Å²) < 4.78 is 13.3. The van der Waals surface area contributed by atoms with Crippen LogP contribution in [0.25, 0.3) is 5.69 Å². The molecule has 1 aromatic heterocycles. The number of anilines is 1. The number of urea groups is 1. The summed E-state index contributed by atoms with van der Waals surface area (Å²) >= 11 is 0. The second-order valence-electron chi connectivity index (χ2n) is 7.15. The average Bonchev–Trinajstić information content (AvgIpc) is 3.27. The maximum absolute atomic E-state index is 12.4. The Hall–Kier alpha value is -3.48. The number of fused-ring (bicyclic) bond motifs is 1. The van der Waals surface area contributed by atoms with E-state index < -0.39 is 5.79 Å². The maximum atomic E-state index is 12.4. The maximum Gasteiger partial charge on any atom is 0.319 e. The molecule has 1 aliphatic rings. The van der Waals surface area contributed by atoms with E-state index in [0.29, 0.717) is 17.2 Å². The van der Waals surface area contributed by atoms with Crippen LogP contribution < -0.4 is 20.1 Å². The molecule has 144 valence electrons. The molecule has 2 aromatic carbocycles. The molecule has 7 nitrogen and oxygen atoms in total. The molecule has 0 saturated carbocycles. The van der Waals surface area contributed by atoms with Gasteiger partial charge < -0.3 is 24.7 Å². The number of benzene rings is 2. The molecule has 0 fully saturated rings. The molecular weight excluding hydrogens is 356 g/mol. The summed E-state index contributed by atoms with van der Waals surface area (Å²) in [5.74, 6) is 0.592. The molecule has 3 aromatic rings. The number of hydrogen-bond acceptors (Lipinski definition) is 4. The number of amides is 2. The Morgan fingerprint density at radius 3 is 2.57 bits per heavy atom. The van der Waals surface area contributed by atoms with Gasteiger partial charge in [0, 0.05) is 43.7 Å². The fraction of sp³-hybridized carbons (Fsp3) is 0.238. The summed E-state index contributed by atoms with van der Waals surface area (Å²) in [6.45, 7) is 5.62. The van der Waals surface area contributed by atoms with Crippen molar-refractivity contribution < 1.29 is 14.3 Å². The van der Waals surface area contributed by atoms with E-state index in [1.54, 1.807) is 30.7 Å². The molecule has 0 saturated heterocycles. The van der Waals surface area contributed by atoms with Crippen LogP contribution in [0.5, 0.6) is 11.5 Å². The van der Waals surface area contributed by atoms with Crippen LogP contribution in [0.15, 0.2) is 61.2 Å². The highest BCUT2D eigenvalue weighted by atomic mass is 16.7. The number of nitrogens with one attached hydrogen (secondary N) is 2. The van der Waals surface area contributed by atoms with Gasteiger partial charge in [-0.05, 0) is 36.8 Å². The molecule has 7 heteroatoms. The first-order valence-corrected chi connectivity index (χ1v) is 9.07. The lowest BCUT2D eigenvalue weighted by molar-refractivity contribution is -0.0431. The minimum Gasteiger partial charge on any atom is -0.449 e. The third kappa shape index (κ3) is 3.78. The third-order valence-corrected chi connectivity index (χ3v) is 4.46. The average molecular weight is 378 g/mol. The van der Waals surface area contributed by atoms with Gasteiger partial charge in [0.1, 0.15) is 0 Å². The van der Waals surface area contributed by atoms with Crippen LogP contribution in [-0.2, 0) is 0 Å². The first-order chi connectivity index (χ1) is 13.4. The van der Waals surface area contributed by atoms with Crippen LogP contribution in [0.4, 0.5) is 10.5 Å². The van der Waals surface area contributed by atoms with Crippen LogP contribution in [0, 0.1) is 0 Å². The molecule has 0 aliphatic carbocycles. The van der Waals surface area contributed by atoms with Gasteiger partial charge in [-0.2, -0.15) is 0 Å². The Morgan fingerprint density at radius 1 is 1.11 bits per heavy atom. The van der Waals surface area contributed by atoms with Gasteiger partial charge in [0.05, 0.1) is 12.4 Å². The second kappa shape index (κ2) is 6.92. The molecule has 0 unspecified atom stereocenters. The number of hydrogen-bond donors (Lipinski definition) is 2. The Kier molecular flexibility index (Phi) is 4.43. The largest absolute Gasteiger partial charge is 0.449 e. The zero-order valence-corrected chi connectivity index (χ0v) is 16.0. The molecule has 0 radical (unpaired) electrons. The van der Waals surface area contributed by atoms with Crippen molar-refractivity contribution in [2.75, 3.05) is 5.32 Å². The topological polar surface area (TPSA) is 77.4 Å². The van der Waals surface area contributed by atoms with E-state index >= 15 is 0 Å². The number of nitrogens with zero attached hydrogens (tertiary/aromatic N) is 2. The van der Waals surface area contributed by atoms with Crippen LogP contribution in [0.3, 0.4) is 0 Å². The minimum atomic E-state index is -0.694. The molecule has 2 heterocycles. The smallest absolute Gasteiger partial charge is 0.319 e. The third-order valence-electron chi connectivity index (χ3n) is 4.46. The lowest BCUT2D eigenvalue weighted by atomic mass is 10.1. The zero-order valence-electron chi connectivity index (χ0n) is 16.0. The first kappa shape index (κ1) is 17.9.